The van der Waals surface area contributed by atoms with Gasteiger partial charge in [0, 0.05) is 32.1 Å². The number of benzene rings is 4. The molecule has 5 aromatic rings. The summed E-state index contributed by atoms with van der Waals surface area (Å²) in [5.41, 5.74) is 2.05. The molecule has 3 amide bonds. The zero-order valence-corrected chi connectivity index (χ0v) is 27.6. The van der Waals surface area contributed by atoms with Gasteiger partial charge in [-0.25, -0.2) is 4.39 Å². The summed E-state index contributed by atoms with van der Waals surface area (Å²) in [6.07, 6.45) is 0.733. The van der Waals surface area contributed by atoms with Crippen LogP contribution >= 0.6 is 34.7 Å². The van der Waals surface area contributed by atoms with E-state index in [4.69, 9.17) is 11.6 Å². The Balaban J connectivity index is 1.09. The molecular formula is C37H27ClFN3O4S2. The Hall–Kier alpha value is -4.25. The molecule has 11 heteroatoms. The van der Waals surface area contributed by atoms with Crippen LogP contribution in [0.1, 0.15) is 22.8 Å². The summed E-state index contributed by atoms with van der Waals surface area (Å²) >= 11 is 9.03. The molecule has 3 heterocycles. The highest BCUT2D eigenvalue weighted by Crippen LogP contribution is 2.69. The molecule has 1 N–H and O–H groups in total. The first kappa shape index (κ1) is 29.9. The predicted molar refractivity (Wildman–Crippen MR) is 185 cm³/mol. The Kier molecular flexibility index (Phi) is 6.94. The van der Waals surface area contributed by atoms with E-state index in [2.05, 4.69) is 5.32 Å². The van der Waals surface area contributed by atoms with Crippen LogP contribution in [0.5, 0.6) is 0 Å². The maximum atomic E-state index is 14.0. The number of carbonyl (C=O) groups is 3. The number of hydrogen-bond acceptors (Lipinski definition) is 6. The molecule has 4 aliphatic rings. The van der Waals surface area contributed by atoms with E-state index in [1.54, 1.807) is 16.3 Å². The van der Waals surface area contributed by atoms with Crippen molar-refractivity contribution in [3.05, 3.63) is 122 Å². The number of carbonyl (C=O) groups excluding carboxylic acids is 3. The van der Waals surface area contributed by atoms with Gasteiger partial charge in [-0.3, -0.25) is 28.6 Å². The number of amides is 3. The molecule has 0 spiro atoms. The van der Waals surface area contributed by atoms with Crippen molar-refractivity contribution in [2.45, 2.75) is 29.2 Å². The van der Waals surface area contributed by atoms with Gasteiger partial charge in [-0.2, -0.15) is 0 Å². The maximum absolute atomic E-state index is 14.0. The quantitative estimate of drug-likeness (QED) is 0.197. The molecule has 240 valence electrons. The van der Waals surface area contributed by atoms with Crippen LogP contribution in [0.3, 0.4) is 0 Å². The van der Waals surface area contributed by atoms with Crippen molar-refractivity contribution in [1.29, 1.82) is 0 Å². The number of hydrogen-bond donors (Lipinski definition) is 1. The Labute approximate surface area is 287 Å². The highest BCUT2D eigenvalue weighted by molar-refractivity contribution is 8.00. The summed E-state index contributed by atoms with van der Waals surface area (Å²) in [5, 5.41) is 6.22. The van der Waals surface area contributed by atoms with E-state index in [0.29, 0.717) is 16.4 Å². The Bertz CT molecular complexity index is 2210. The molecule has 2 bridgehead atoms. The molecule has 1 saturated heterocycles. The molecule has 2 aliphatic carbocycles. The molecule has 4 aromatic carbocycles. The smallest absolute Gasteiger partial charge is 0.308 e. The van der Waals surface area contributed by atoms with Crippen molar-refractivity contribution < 1.29 is 18.8 Å². The fraction of sp³-hybridized carbons (Fsp3) is 0.243. The summed E-state index contributed by atoms with van der Waals surface area (Å²) in [7, 11) is 0. The van der Waals surface area contributed by atoms with E-state index in [9.17, 15) is 23.6 Å². The molecule has 2 aliphatic heterocycles. The predicted octanol–water partition coefficient (Wildman–Crippen LogP) is 7.17. The number of anilines is 2. The first-order chi connectivity index (χ1) is 23.3. The molecule has 48 heavy (non-hydrogen) atoms. The molecular weight excluding hydrogens is 669 g/mol. The van der Waals surface area contributed by atoms with Crippen molar-refractivity contribution in [3.8, 4) is 0 Å². The Morgan fingerprint density at radius 3 is 2.35 bits per heavy atom. The van der Waals surface area contributed by atoms with Gasteiger partial charge in [0.05, 0.1) is 22.5 Å². The molecule has 7 unspecified atom stereocenters. The first-order valence-corrected chi connectivity index (χ1v) is 17.9. The highest BCUT2D eigenvalue weighted by atomic mass is 35.5. The third kappa shape index (κ3) is 4.45. The molecule has 9 rings (SSSR count). The Morgan fingerprint density at radius 2 is 1.58 bits per heavy atom. The van der Waals surface area contributed by atoms with Gasteiger partial charge in [-0.1, -0.05) is 71.5 Å². The maximum Gasteiger partial charge on any atom is 0.308 e. The minimum absolute atomic E-state index is 0.00384. The second-order valence-electron chi connectivity index (χ2n) is 13.0. The number of nitrogens with zero attached hydrogens (tertiary/aromatic N) is 2. The number of aromatic nitrogens is 1. The number of halogens is 2. The minimum Gasteiger partial charge on any atom is -0.324 e. The summed E-state index contributed by atoms with van der Waals surface area (Å²) < 4.78 is 15.3. The van der Waals surface area contributed by atoms with Crippen molar-refractivity contribution in [2.24, 2.45) is 29.6 Å². The molecule has 7 atom stereocenters. The fourth-order valence-electron chi connectivity index (χ4n) is 8.81. The summed E-state index contributed by atoms with van der Waals surface area (Å²) in [5.74, 6) is -2.55. The highest BCUT2D eigenvalue weighted by Gasteiger charge is 2.69. The first-order valence-electron chi connectivity index (χ1n) is 15.8. The van der Waals surface area contributed by atoms with Crippen molar-refractivity contribution in [3.63, 3.8) is 0 Å². The third-order valence-corrected chi connectivity index (χ3v) is 13.7. The van der Waals surface area contributed by atoms with Crippen LogP contribution in [0.15, 0.2) is 101 Å². The lowest BCUT2D eigenvalue weighted by Gasteiger charge is -2.43. The van der Waals surface area contributed by atoms with Gasteiger partial charge in [0.2, 0.25) is 17.7 Å². The summed E-state index contributed by atoms with van der Waals surface area (Å²) in [4.78, 5) is 57.0. The zero-order valence-electron chi connectivity index (χ0n) is 25.2. The standard InChI is InChI=1S/C37H27ClFN3O4S2/c38-20-10-8-19(9-11-20)28-29-24-16-25(31-30(24)34(44)42(35(31)45)22-14-12-21(39)13-15-22)32(29)47-36-33(28)48-37(46)41(36)17-27(43)40-26-7-3-5-18-4-1-2-6-23(18)26/h1-15,24-25,28-32H,16-17H2,(H,40,43). The largest absolute Gasteiger partial charge is 0.324 e. The number of rotatable bonds is 5. The zero-order chi connectivity index (χ0) is 32.8. The van der Waals surface area contributed by atoms with Crippen LogP contribution in [0.2, 0.25) is 5.02 Å². The number of nitrogens with one attached hydrogen (secondary N) is 1. The summed E-state index contributed by atoms with van der Waals surface area (Å²) in [6.45, 7) is -0.151. The lowest BCUT2D eigenvalue weighted by atomic mass is 9.68. The topological polar surface area (TPSA) is 88.5 Å². The lowest BCUT2D eigenvalue weighted by molar-refractivity contribution is -0.123. The average molecular weight is 696 g/mol. The molecule has 1 aromatic heterocycles. The molecule has 3 fully saturated rings. The summed E-state index contributed by atoms with van der Waals surface area (Å²) in [6, 6.07) is 26.6. The second-order valence-corrected chi connectivity index (χ2v) is 15.6. The molecule has 2 saturated carbocycles. The van der Waals surface area contributed by atoms with Gasteiger partial charge in [-0.05, 0) is 77.6 Å². The van der Waals surface area contributed by atoms with E-state index in [1.807, 2.05) is 66.7 Å². The fourth-order valence-corrected chi connectivity index (χ4v) is 12.1. The van der Waals surface area contributed by atoms with E-state index < -0.39 is 17.7 Å². The SMILES string of the molecule is O=C(Cn1c2c(sc1=O)C(c1ccc(Cl)cc1)C1C3CC(C1S2)C1C(=O)N(c2ccc(F)cc2)C(=O)C31)Nc1cccc2ccccc12. The van der Waals surface area contributed by atoms with Gasteiger partial charge in [0.15, 0.2) is 0 Å². The van der Waals surface area contributed by atoms with Gasteiger partial charge in [-0.15, -0.1) is 11.8 Å². The van der Waals surface area contributed by atoms with Crippen molar-refractivity contribution in [2.75, 3.05) is 10.2 Å². The van der Waals surface area contributed by atoms with Gasteiger partial charge in [0.25, 0.3) is 0 Å². The normalized spacial score (nSPS) is 26.9. The van der Waals surface area contributed by atoms with Crippen LogP contribution < -0.4 is 15.1 Å². The van der Waals surface area contributed by atoms with Crippen LogP contribution in [0, 0.1) is 35.4 Å². The number of thiazole rings is 1. The van der Waals surface area contributed by atoms with Crippen LogP contribution in [-0.4, -0.2) is 27.5 Å². The molecule has 7 nitrogen and oxygen atoms in total. The number of imide groups is 1. The van der Waals surface area contributed by atoms with E-state index in [-0.39, 0.29) is 58.1 Å². The van der Waals surface area contributed by atoms with Gasteiger partial charge >= 0.3 is 4.87 Å². The minimum atomic E-state index is -0.484. The monoisotopic (exact) mass is 695 g/mol. The molecule has 0 radical (unpaired) electrons. The lowest BCUT2D eigenvalue weighted by Crippen LogP contribution is -2.43. The van der Waals surface area contributed by atoms with E-state index in [1.165, 1.54) is 29.2 Å². The second kappa shape index (κ2) is 11.1. The van der Waals surface area contributed by atoms with Crippen LogP contribution in [-0.2, 0) is 20.9 Å². The number of fused-ring (bicyclic) bond motifs is 10. The van der Waals surface area contributed by atoms with Crippen molar-refractivity contribution in [1.82, 2.24) is 4.57 Å². The van der Waals surface area contributed by atoms with Crippen LogP contribution in [0.25, 0.3) is 10.8 Å². The van der Waals surface area contributed by atoms with E-state index in [0.717, 1.165) is 44.0 Å². The van der Waals surface area contributed by atoms with Crippen molar-refractivity contribution >= 4 is 74.6 Å². The average Bonchev–Trinajstić information content (AvgIpc) is 3.81. The Morgan fingerprint density at radius 1 is 0.875 bits per heavy atom. The third-order valence-electron chi connectivity index (χ3n) is 10.6. The number of thioether (sulfide) groups is 1. The van der Waals surface area contributed by atoms with Crippen LogP contribution in [0.4, 0.5) is 15.8 Å². The van der Waals surface area contributed by atoms with Gasteiger partial charge in [0.1, 0.15) is 12.4 Å². The van der Waals surface area contributed by atoms with E-state index >= 15 is 0 Å². The van der Waals surface area contributed by atoms with Gasteiger partial charge < -0.3 is 5.32 Å².